The Morgan fingerprint density at radius 3 is 2.03 bits per heavy atom. The third-order valence-electron chi connectivity index (χ3n) is 4.36. The lowest BCUT2D eigenvalue weighted by Crippen LogP contribution is -2.17. The average molecular weight is 444 g/mol. The van der Waals surface area contributed by atoms with E-state index in [2.05, 4.69) is 17.1 Å². The summed E-state index contributed by atoms with van der Waals surface area (Å²) in [4.78, 5) is 24.5. The number of carbonyl (C=O) groups is 2. The maximum Gasteiger partial charge on any atom is 0.343 e. The van der Waals surface area contributed by atoms with Crippen molar-refractivity contribution in [2.45, 2.75) is 6.92 Å². The zero-order valence-electron chi connectivity index (χ0n) is 18.2. The molecule has 3 aromatic rings. The minimum Gasteiger partial charge on any atom is -0.494 e. The lowest BCUT2D eigenvalue weighted by atomic mass is 10.2. The Bertz CT molecular complexity index is 1100. The Kier molecular flexibility index (Phi) is 8.36. The Morgan fingerprint density at radius 2 is 1.42 bits per heavy atom. The molecule has 7 nitrogen and oxygen atoms in total. The van der Waals surface area contributed by atoms with Gasteiger partial charge in [-0.05, 0) is 85.3 Å². The molecule has 33 heavy (non-hydrogen) atoms. The zero-order chi connectivity index (χ0) is 23.5. The molecule has 1 amide bonds. The molecule has 0 bridgehead atoms. The van der Waals surface area contributed by atoms with E-state index in [4.69, 9.17) is 14.2 Å². The van der Waals surface area contributed by atoms with E-state index < -0.39 is 5.97 Å². The number of esters is 1. The second-order valence-corrected chi connectivity index (χ2v) is 6.74. The second-order valence-electron chi connectivity index (χ2n) is 6.74. The Labute approximate surface area is 192 Å². The van der Waals surface area contributed by atoms with E-state index in [1.165, 1.54) is 6.21 Å². The van der Waals surface area contributed by atoms with Crippen molar-refractivity contribution in [1.29, 1.82) is 0 Å². The fourth-order valence-electron chi connectivity index (χ4n) is 2.73. The summed E-state index contributed by atoms with van der Waals surface area (Å²) in [5.74, 6) is 0.932. The fourth-order valence-corrected chi connectivity index (χ4v) is 2.73. The van der Waals surface area contributed by atoms with Crippen LogP contribution in [0.2, 0.25) is 0 Å². The van der Waals surface area contributed by atoms with Gasteiger partial charge in [0.1, 0.15) is 23.9 Å². The maximum absolute atomic E-state index is 12.3. The van der Waals surface area contributed by atoms with Crippen molar-refractivity contribution in [1.82, 2.24) is 5.43 Å². The van der Waals surface area contributed by atoms with E-state index in [1.54, 1.807) is 78.9 Å². The number of ether oxygens (including phenoxy) is 3. The predicted octanol–water partition coefficient (Wildman–Crippen LogP) is 4.63. The van der Waals surface area contributed by atoms with Gasteiger partial charge in [-0.1, -0.05) is 12.7 Å². The normalized spacial score (nSPS) is 10.5. The molecule has 0 saturated carbocycles. The van der Waals surface area contributed by atoms with E-state index in [9.17, 15) is 9.59 Å². The number of benzene rings is 3. The molecule has 3 aromatic carbocycles. The van der Waals surface area contributed by atoms with Crippen molar-refractivity contribution >= 4 is 18.1 Å². The predicted molar refractivity (Wildman–Crippen MR) is 126 cm³/mol. The molecule has 0 aliphatic carbocycles. The average Bonchev–Trinajstić information content (AvgIpc) is 2.84. The highest BCUT2D eigenvalue weighted by Crippen LogP contribution is 2.16. The van der Waals surface area contributed by atoms with E-state index in [1.807, 2.05) is 6.92 Å². The lowest BCUT2D eigenvalue weighted by Gasteiger charge is -2.06. The molecule has 0 aromatic heterocycles. The van der Waals surface area contributed by atoms with Crippen LogP contribution in [-0.2, 0) is 0 Å². The number of nitrogens with one attached hydrogen (secondary N) is 1. The summed E-state index contributed by atoms with van der Waals surface area (Å²) in [5, 5.41) is 3.96. The van der Waals surface area contributed by atoms with E-state index in [0.717, 1.165) is 5.56 Å². The van der Waals surface area contributed by atoms with Crippen LogP contribution < -0.4 is 19.6 Å². The van der Waals surface area contributed by atoms with Gasteiger partial charge in [-0.2, -0.15) is 5.10 Å². The number of rotatable bonds is 10. The van der Waals surface area contributed by atoms with Gasteiger partial charge in [0.2, 0.25) is 0 Å². The molecule has 1 N–H and O–H groups in total. The van der Waals surface area contributed by atoms with Gasteiger partial charge >= 0.3 is 5.97 Å². The molecule has 7 heteroatoms. The van der Waals surface area contributed by atoms with Crippen LogP contribution in [-0.4, -0.2) is 31.3 Å². The van der Waals surface area contributed by atoms with Crippen LogP contribution in [0.1, 0.15) is 33.2 Å². The summed E-state index contributed by atoms with van der Waals surface area (Å²) in [6.45, 7) is 6.44. The smallest absolute Gasteiger partial charge is 0.343 e. The third kappa shape index (κ3) is 7.07. The van der Waals surface area contributed by atoms with Crippen LogP contribution in [0, 0.1) is 0 Å². The molecule has 0 heterocycles. The highest BCUT2D eigenvalue weighted by Gasteiger charge is 2.09. The highest BCUT2D eigenvalue weighted by molar-refractivity contribution is 5.95. The molecule has 0 unspecified atom stereocenters. The lowest BCUT2D eigenvalue weighted by molar-refractivity contribution is 0.0734. The number of hydrogen-bond acceptors (Lipinski definition) is 6. The van der Waals surface area contributed by atoms with Crippen LogP contribution >= 0.6 is 0 Å². The third-order valence-corrected chi connectivity index (χ3v) is 4.36. The molecule has 0 fully saturated rings. The van der Waals surface area contributed by atoms with Gasteiger partial charge in [-0.15, -0.1) is 0 Å². The van der Waals surface area contributed by atoms with Crippen molar-refractivity contribution in [3.63, 3.8) is 0 Å². The van der Waals surface area contributed by atoms with Crippen molar-refractivity contribution in [2.75, 3.05) is 13.2 Å². The summed E-state index contributed by atoms with van der Waals surface area (Å²) in [6.07, 6.45) is 3.14. The van der Waals surface area contributed by atoms with Crippen LogP contribution in [0.4, 0.5) is 0 Å². The monoisotopic (exact) mass is 444 g/mol. The van der Waals surface area contributed by atoms with Gasteiger partial charge in [0, 0.05) is 5.56 Å². The van der Waals surface area contributed by atoms with Crippen LogP contribution in [0.5, 0.6) is 17.2 Å². The summed E-state index contributed by atoms with van der Waals surface area (Å²) in [5.41, 5.74) is 4.07. The van der Waals surface area contributed by atoms with Gasteiger partial charge in [0.15, 0.2) is 0 Å². The van der Waals surface area contributed by atoms with E-state index in [-0.39, 0.29) is 5.91 Å². The van der Waals surface area contributed by atoms with Crippen molar-refractivity contribution in [3.05, 3.63) is 102 Å². The SMILES string of the molecule is C=CCOc1ccc(C(=O)NN=Cc2ccc(OC(=O)c3ccc(OCC)cc3)cc2)cc1. The van der Waals surface area contributed by atoms with Crippen molar-refractivity contribution < 1.29 is 23.8 Å². The molecule has 0 radical (unpaired) electrons. The number of amides is 1. The van der Waals surface area contributed by atoms with Gasteiger partial charge < -0.3 is 14.2 Å². The molecule has 0 atom stereocenters. The minimum atomic E-state index is -0.465. The van der Waals surface area contributed by atoms with Gasteiger partial charge in [-0.25, -0.2) is 10.2 Å². The molecule has 0 spiro atoms. The molecule has 0 saturated heterocycles. The molecular weight excluding hydrogens is 420 g/mol. The van der Waals surface area contributed by atoms with Gasteiger partial charge in [0.05, 0.1) is 18.4 Å². The zero-order valence-corrected chi connectivity index (χ0v) is 18.2. The maximum atomic E-state index is 12.3. The highest BCUT2D eigenvalue weighted by atomic mass is 16.5. The minimum absolute atomic E-state index is 0.345. The Hall–Kier alpha value is -4.39. The van der Waals surface area contributed by atoms with Crippen molar-refractivity contribution in [3.8, 4) is 17.2 Å². The Balaban J connectivity index is 1.50. The number of carbonyl (C=O) groups excluding carboxylic acids is 2. The van der Waals surface area contributed by atoms with Gasteiger partial charge in [0.25, 0.3) is 5.91 Å². The number of hydrogen-bond donors (Lipinski definition) is 1. The first kappa shape index (κ1) is 23.3. The molecule has 0 aliphatic heterocycles. The first-order chi connectivity index (χ1) is 16.1. The topological polar surface area (TPSA) is 86.2 Å². The first-order valence-corrected chi connectivity index (χ1v) is 10.3. The molecular formula is C26H24N2O5. The first-order valence-electron chi connectivity index (χ1n) is 10.3. The molecule has 168 valence electrons. The standard InChI is InChI=1S/C26H24N2O5/c1-3-17-32-23-13-7-20(8-14-23)25(29)28-27-18-19-5-11-24(12-6-19)33-26(30)21-9-15-22(16-10-21)31-4-2/h3,5-16,18H,1,4,17H2,2H3,(H,28,29). The fraction of sp³-hybridized carbons (Fsp3) is 0.115. The molecule has 0 aliphatic rings. The second kappa shape index (κ2) is 11.9. The van der Waals surface area contributed by atoms with Crippen LogP contribution in [0.3, 0.4) is 0 Å². The van der Waals surface area contributed by atoms with Crippen LogP contribution in [0.25, 0.3) is 0 Å². The van der Waals surface area contributed by atoms with Crippen molar-refractivity contribution in [2.24, 2.45) is 5.10 Å². The van der Waals surface area contributed by atoms with Crippen LogP contribution in [0.15, 0.2) is 90.6 Å². The number of hydrazone groups is 1. The summed E-state index contributed by atoms with van der Waals surface area (Å²) in [7, 11) is 0. The largest absolute Gasteiger partial charge is 0.494 e. The summed E-state index contributed by atoms with van der Waals surface area (Å²) >= 11 is 0. The van der Waals surface area contributed by atoms with Gasteiger partial charge in [-0.3, -0.25) is 4.79 Å². The summed E-state index contributed by atoms with van der Waals surface area (Å²) in [6, 6.07) is 20.2. The Morgan fingerprint density at radius 1 is 0.848 bits per heavy atom. The quantitative estimate of drug-likeness (QED) is 0.162. The van der Waals surface area contributed by atoms with E-state index in [0.29, 0.717) is 41.6 Å². The molecule has 3 rings (SSSR count). The van der Waals surface area contributed by atoms with E-state index >= 15 is 0 Å². The summed E-state index contributed by atoms with van der Waals surface area (Å²) < 4.78 is 16.1. The number of nitrogens with zero attached hydrogens (tertiary/aromatic N) is 1.